The third-order valence-corrected chi connectivity index (χ3v) is 4.65. The Kier molecular flexibility index (Phi) is 5.86. The van der Waals surface area contributed by atoms with Crippen LogP contribution >= 0.6 is 11.8 Å². The Labute approximate surface area is 123 Å². The van der Waals surface area contributed by atoms with Crippen LogP contribution in [0.1, 0.15) is 25.7 Å². The second kappa shape index (κ2) is 7.64. The SMILES string of the molecule is O=C(CCSc1ccccc1F)NCC1CCCC1O. The molecule has 0 heterocycles. The fraction of sp³-hybridized carbons (Fsp3) is 0.533. The van der Waals surface area contributed by atoms with E-state index >= 15 is 0 Å². The lowest BCUT2D eigenvalue weighted by molar-refractivity contribution is -0.120. The van der Waals surface area contributed by atoms with Gasteiger partial charge in [-0.1, -0.05) is 18.6 Å². The van der Waals surface area contributed by atoms with E-state index in [4.69, 9.17) is 0 Å². The minimum atomic E-state index is -0.275. The van der Waals surface area contributed by atoms with Crippen LogP contribution < -0.4 is 5.32 Å². The zero-order chi connectivity index (χ0) is 14.4. The minimum absolute atomic E-state index is 0.0343. The third kappa shape index (κ3) is 4.49. The maximum absolute atomic E-state index is 13.4. The highest BCUT2D eigenvalue weighted by Gasteiger charge is 2.25. The summed E-state index contributed by atoms with van der Waals surface area (Å²) in [6.45, 7) is 0.546. The summed E-state index contributed by atoms with van der Waals surface area (Å²) in [5.41, 5.74) is 0. The molecule has 110 valence electrons. The predicted molar refractivity (Wildman–Crippen MR) is 78.1 cm³/mol. The van der Waals surface area contributed by atoms with Gasteiger partial charge in [0.25, 0.3) is 0 Å². The molecule has 1 aliphatic rings. The minimum Gasteiger partial charge on any atom is -0.393 e. The lowest BCUT2D eigenvalue weighted by Gasteiger charge is -2.14. The van der Waals surface area contributed by atoms with Crippen LogP contribution in [-0.4, -0.2) is 29.4 Å². The fourth-order valence-corrected chi connectivity index (χ4v) is 3.29. The van der Waals surface area contributed by atoms with Crippen LogP contribution in [-0.2, 0) is 4.79 Å². The third-order valence-electron chi connectivity index (χ3n) is 3.60. The lowest BCUT2D eigenvalue weighted by atomic mass is 10.1. The van der Waals surface area contributed by atoms with Crippen molar-refractivity contribution >= 4 is 17.7 Å². The molecule has 1 aromatic rings. The van der Waals surface area contributed by atoms with E-state index in [-0.39, 0.29) is 23.7 Å². The van der Waals surface area contributed by atoms with Crippen molar-refractivity contribution in [3.63, 3.8) is 0 Å². The van der Waals surface area contributed by atoms with Crippen molar-refractivity contribution in [1.82, 2.24) is 5.32 Å². The Morgan fingerprint density at radius 1 is 1.40 bits per heavy atom. The zero-order valence-corrected chi connectivity index (χ0v) is 12.2. The van der Waals surface area contributed by atoms with E-state index in [2.05, 4.69) is 5.32 Å². The van der Waals surface area contributed by atoms with E-state index < -0.39 is 0 Å². The predicted octanol–water partition coefficient (Wildman–Crippen LogP) is 2.59. The number of rotatable bonds is 6. The first-order chi connectivity index (χ1) is 9.66. The van der Waals surface area contributed by atoms with Gasteiger partial charge in [-0.05, 0) is 25.0 Å². The molecule has 1 amide bonds. The number of benzene rings is 1. The Hall–Kier alpha value is -1.07. The number of hydrogen-bond donors (Lipinski definition) is 2. The van der Waals surface area contributed by atoms with Crippen LogP contribution in [0.3, 0.4) is 0 Å². The van der Waals surface area contributed by atoms with Crippen LogP contribution in [0.15, 0.2) is 29.2 Å². The highest BCUT2D eigenvalue weighted by Crippen LogP contribution is 2.25. The van der Waals surface area contributed by atoms with E-state index in [1.165, 1.54) is 17.8 Å². The molecule has 2 rings (SSSR count). The largest absolute Gasteiger partial charge is 0.393 e. The van der Waals surface area contributed by atoms with Crippen LogP contribution in [0.25, 0.3) is 0 Å². The van der Waals surface area contributed by atoms with Crippen molar-refractivity contribution in [3.05, 3.63) is 30.1 Å². The number of halogens is 1. The van der Waals surface area contributed by atoms with Crippen molar-refractivity contribution in [1.29, 1.82) is 0 Å². The Bertz CT molecular complexity index is 455. The van der Waals surface area contributed by atoms with Crippen LogP contribution in [0.2, 0.25) is 0 Å². The van der Waals surface area contributed by atoms with Gasteiger partial charge in [0.2, 0.25) is 5.91 Å². The monoisotopic (exact) mass is 297 g/mol. The molecule has 0 saturated heterocycles. The fourth-order valence-electron chi connectivity index (χ4n) is 2.40. The molecular formula is C15H20FNO2S. The van der Waals surface area contributed by atoms with Crippen molar-refractivity contribution in [3.8, 4) is 0 Å². The number of hydrogen-bond acceptors (Lipinski definition) is 3. The lowest BCUT2D eigenvalue weighted by Crippen LogP contribution is -2.32. The summed E-state index contributed by atoms with van der Waals surface area (Å²) in [5, 5.41) is 12.5. The van der Waals surface area contributed by atoms with Crippen LogP contribution in [0.5, 0.6) is 0 Å². The summed E-state index contributed by atoms with van der Waals surface area (Å²) < 4.78 is 13.4. The summed E-state index contributed by atoms with van der Waals surface area (Å²) in [6.07, 6.45) is 2.94. The molecule has 0 radical (unpaired) electrons. The van der Waals surface area contributed by atoms with Gasteiger partial charge in [0, 0.05) is 29.5 Å². The molecule has 2 unspecified atom stereocenters. The first-order valence-corrected chi connectivity index (χ1v) is 7.97. The average molecular weight is 297 g/mol. The second-order valence-electron chi connectivity index (χ2n) is 5.09. The number of aliphatic hydroxyl groups excluding tert-OH is 1. The summed E-state index contributed by atoms with van der Waals surface area (Å²) >= 11 is 1.35. The van der Waals surface area contributed by atoms with Crippen molar-refractivity contribution in [2.24, 2.45) is 5.92 Å². The maximum Gasteiger partial charge on any atom is 0.220 e. The summed E-state index contributed by atoms with van der Waals surface area (Å²) in [7, 11) is 0. The smallest absolute Gasteiger partial charge is 0.220 e. The Morgan fingerprint density at radius 3 is 2.90 bits per heavy atom. The molecule has 5 heteroatoms. The number of thioether (sulfide) groups is 1. The Morgan fingerprint density at radius 2 is 2.20 bits per heavy atom. The van der Waals surface area contributed by atoms with E-state index in [1.54, 1.807) is 18.2 Å². The van der Waals surface area contributed by atoms with Gasteiger partial charge in [0.05, 0.1) is 6.10 Å². The molecular weight excluding hydrogens is 277 g/mol. The van der Waals surface area contributed by atoms with E-state index in [9.17, 15) is 14.3 Å². The molecule has 20 heavy (non-hydrogen) atoms. The summed E-state index contributed by atoms with van der Waals surface area (Å²) in [4.78, 5) is 12.3. The quantitative estimate of drug-likeness (QED) is 0.794. The van der Waals surface area contributed by atoms with Crippen LogP contribution in [0.4, 0.5) is 4.39 Å². The number of nitrogens with one attached hydrogen (secondary N) is 1. The van der Waals surface area contributed by atoms with Gasteiger partial charge >= 0.3 is 0 Å². The topological polar surface area (TPSA) is 49.3 Å². The highest BCUT2D eigenvalue weighted by molar-refractivity contribution is 7.99. The molecule has 3 nitrogen and oxygen atoms in total. The van der Waals surface area contributed by atoms with E-state index in [1.807, 2.05) is 0 Å². The van der Waals surface area contributed by atoms with Crippen LogP contribution in [0, 0.1) is 11.7 Å². The van der Waals surface area contributed by atoms with E-state index in [0.717, 1.165) is 19.3 Å². The van der Waals surface area contributed by atoms with Crippen molar-refractivity contribution in [2.75, 3.05) is 12.3 Å². The van der Waals surface area contributed by atoms with Gasteiger partial charge in [0.15, 0.2) is 0 Å². The van der Waals surface area contributed by atoms with Gasteiger partial charge in [-0.2, -0.15) is 0 Å². The average Bonchev–Trinajstić information content (AvgIpc) is 2.84. The Balaban J connectivity index is 1.64. The van der Waals surface area contributed by atoms with Gasteiger partial charge < -0.3 is 10.4 Å². The molecule has 0 spiro atoms. The van der Waals surface area contributed by atoms with Crippen molar-refractivity contribution < 1.29 is 14.3 Å². The summed E-state index contributed by atoms with van der Waals surface area (Å²) in [6, 6.07) is 6.57. The molecule has 2 N–H and O–H groups in total. The zero-order valence-electron chi connectivity index (χ0n) is 11.3. The number of carbonyl (C=O) groups is 1. The van der Waals surface area contributed by atoms with E-state index in [0.29, 0.717) is 23.6 Å². The number of aliphatic hydroxyl groups is 1. The normalized spacial score (nSPS) is 21.9. The number of carbonyl (C=O) groups excluding carboxylic acids is 1. The molecule has 0 aromatic heterocycles. The van der Waals surface area contributed by atoms with Gasteiger partial charge in [0.1, 0.15) is 5.82 Å². The first-order valence-electron chi connectivity index (χ1n) is 6.99. The molecule has 1 aromatic carbocycles. The van der Waals surface area contributed by atoms with Gasteiger partial charge in [-0.25, -0.2) is 4.39 Å². The molecule has 1 fully saturated rings. The molecule has 1 saturated carbocycles. The second-order valence-corrected chi connectivity index (χ2v) is 6.23. The standard InChI is InChI=1S/C15H20FNO2S/c16-12-5-1-2-7-14(12)20-9-8-15(19)17-10-11-4-3-6-13(11)18/h1-2,5,7,11,13,18H,3-4,6,8-10H2,(H,17,19). The first kappa shape index (κ1) is 15.3. The maximum atomic E-state index is 13.4. The molecule has 2 atom stereocenters. The molecule has 0 bridgehead atoms. The molecule has 0 aliphatic heterocycles. The summed E-state index contributed by atoms with van der Waals surface area (Å²) in [5.74, 6) is 0.470. The number of amides is 1. The van der Waals surface area contributed by atoms with Gasteiger partial charge in [-0.3, -0.25) is 4.79 Å². The van der Waals surface area contributed by atoms with Gasteiger partial charge in [-0.15, -0.1) is 11.8 Å². The van der Waals surface area contributed by atoms with Crippen molar-refractivity contribution in [2.45, 2.75) is 36.7 Å². The highest BCUT2D eigenvalue weighted by atomic mass is 32.2. The molecule has 1 aliphatic carbocycles.